The Hall–Kier alpha value is -4.31. The number of rotatable bonds is 4. The van der Waals surface area contributed by atoms with Crippen molar-refractivity contribution < 1.29 is 13.6 Å². The molecule has 0 fully saturated rings. The predicted octanol–water partition coefficient (Wildman–Crippen LogP) is 4.45. The minimum Gasteiger partial charge on any atom is -0.404 e. The Kier molecular flexibility index (Phi) is 5.29. The van der Waals surface area contributed by atoms with Crippen molar-refractivity contribution in [1.29, 1.82) is 5.26 Å². The number of carbonyl (C=O) groups is 1. The van der Waals surface area contributed by atoms with Gasteiger partial charge in [0.2, 0.25) is 0 Å². The predicted molar refractivity (Wildman–Crippen MR) is 114 cm³/mol. The van der Waals surface area contributed by atoms with Crippen molar-refractivity contribution in [1.82, 2.24) is 5.32 Å². The van der Waals surface area contributed by atoms with E-state index in [1.165, 1.54) is 18.5 Å². The molecule has 0 unspecified atom stereocenters. The largest absolute Gasteiger partial charge is 0.404 e. The minimum atomic E-state index is -0.750. The quantitative estimate of drug-likeness (QED) is 0.618. The highest BCUT2D eigenvalue weighted by Crippen LogP contribution is 2.34. The number of fused-ring (bicyclic) bond motifs is 1. The van der Waals surface area contributed by atoms with Gasteiger partial charge in [0, 0.05) is 41.7 Å². The Morgan fingerprint density at radius 2 is 1.84 bits per heavy atom. The van der Waals surface area contributed by atoms with Crippen LogP contribution in [0.25, 0.3) is 16.7 Å². The zero-order valence-electron chi connectivity index (χ0n) is 16.2. The summed E-state index contributed by atoms with van der Waals surface area (Å²) in [4.78, 5) is 16.5. The molecule has 1 aliphatic heterocycles. The van der Waals surface area contributed by atoms with Gasteiger partial charge in [-0.2, -0.15) is 5.26 Å². The molecule has 7 heteroatoms. The van der Waals surface area contributed by atoms with Crippen molar-refractivity contribution in [3.63, 3.8) is 0 Å². The maximum Gasteiger partial charge on any atom is 0.251 e. The number of benzene rings is 3. The van der Waals surface area contributed by atoms with Gasteiger partial charge in [-0.3, -0.25) is 9.79 Å². The molecule has 1 amide bonds. The molecule has 0 radical (unpaired) electrons. The summed E-state index contributed by atoms with van der Waals surface area (Å²) in [6.07, 6.45) is 2.86. The summed E-state index contributed by atoms with van der Waals surface area (Å²) in [5.41, 5.74) is 9.75. The number of nitrogens with two attached hydrogens (primary N) is 1. The fraction of sp³-hybridized carbons (Fsp3) is 0.0417. The number of nitrogens with zero attached hydrogens (tertiary/aromatic N) is 2. The van der Waals surface area contributed by atoms with E-state index in [0.717, 1.165) is 17.7 Å². The van der Waals surface area contributed by atoms with Gasteiger partial charge < -0.3 is 11.1 Å². The first-order valence-electron chi connectivity index (χ1n) is 9.37. The van der Waals surface area contributed by atoms with Gasteiger partial charge in [-0.25, -0.2) is 8.78 Å². The summed E-state index contributed by atoms with van der Waals surface area (Å²) < 4.78 is 28.1. The summed E-state index contributed by atoms with van der Waals surface area (Å²) in [7, 11) is 0. The first kappa shape index (κ1) is 20.0. The molecule has 0 spiro atoms. The Bertz CT molecular complexity index is 1290. The molecule has 0 saturated carbocycles. The molecular weight excluding hydrogens is 398 g/mol. The van der Waals surface area contributed by atoms with Gasteiger partial charge in [0.1, 0.15) is 11.6 Å². The van der Waals surface area contributed by atoms with Crippen molar-refractivity contribution in [3.05, 3.63) is 94.7 Å². The van der Waals surface area contributed by atoms with Gasteiger partial charge >= 0.3 is 0 Å². The van der Waals surface area contributed by atoms with Crippen LogP contribution in [0.5, 0.6) is 0 Å². The molecule has 152 valence electrons. The van der Waals surface area contributed by atoms with E-state index in [2.05, 4.69) is 10.3 Å². The molecule has 3 aromatic rings. The fourth-order valence-electron chi connectivity index (χ4n) is 3.41. The van der Waals surface area contributed by atoms with Gasteiger partial charge in [0.25, 0.3) is 5.91 Å². The SMILES string of the molecule is N#Cc1ccc(N=C/C(=C\N)c2cc3c(cc2-c2ccc(F)cc2F)C(=O)NC3)cc1. The summed E-state index contributed by atoms with van der Waals surface area (Å²) in [6, 6.07) is 15.3. The third-order valence-electron chi connectivity index (χ3n) is 4.99. The van der Waals surface area contributed by atoms with Crippen LogP contribution in [-0.2, 0) is 6.54 Å². The second-order valence-corrected chi connectivity index (χ2v) is 6.90. The van der Waals surface area contributed by atoms with Crippen molar-refractivity contribution in [2.75, 3.05) is 0 Å². The molecule has 0 atom stereocenters. The Morgan fingerprint density at radius 3 is 2.52 bits per heavy atom. The number of aliphatic imine (C=N–C) groups is 1. The fourth-order valence-corrected chi connectivity index (χ4v) is 3.41. The molecule has 0 aromatic heterocycles. The monoisotopic (exact) mass is 414 g/mol. The van der Waals surface area contributed by atoms with Crippen LogP contribution in [0, 0.1) is 23.0 Å². The van der Waals surface area contributed by atoms with E-state index in [1.807, 2.05) is 6.07 Å². The molecule has 1 aliphatic rings. The number of hydrogen-bond donors (Lipinski definition) is 2. The van der Waals surface area contributed by atoms with Crippen LogP contribution < -0.4 is 11.1 Å². The van der Waals surface area contributed by atoms with Crippen LogP contribution in [0.2, 0.25) is 0 Å². The highest BCUT2D eigenvalue weighted by Gasteiger charge is 2.23. The maximum absolute atomic E-state index is 14.6. The first-order chi connectivity index (χ1) is 15.0. The molecule has 0 bridgehead atoms. The maximum atomic E-state index is 14.6. The van der Waals surface area contributed by atoms with E-state index in [1.54, 1.807) is 36.4 Å². The van der Waals surface area contributed by atoms with E-state index in [-0.39, 0.29) is 11.5 Å². The summed E-state index contributed by atoms with van der Waals surface area (Å²) >= 11 is 0. The number of hydrogen-bond acceptors (Lipinski definition) is 4. The van der Waals surface area contributed by atoms with E-state index >= 15 is 0 Å². The number of allylic oxidation sites excluding steroid dienone is 1. The van der Waals surface area contributed by atoms with Crippen LogP contribution in [0.4, 0.5) is 14.5 Å². The average molecular weight is 414 g/mol. The topological polar surface area (TPSA) is 91.3 Å². The molecule has 5 nitrogen and oxygen atoms in total. The van der Waals surface area contributed by atoms with Gasteiger partial charge in [0.15, 0.2) is 0 Å². The zero-order chi connectivity index (χ0) is 22.0. The van der Waals surface area contributed by atoms with E-state index in [9.17, 15) is 13.6 Å². The van der Waals surface area contributed by atoms with Crippen LogP contribution in [0.3, 0.4) is 0 Å². The molecular formula is C24H16F2N4O. The third-order valence-corrected chi connectivity index (χ3v) is 4.99. The Morgan fingerprint density at radius 1 is 1.06 bits per heavy atom. The molecule has 3 N–H and O–H groups in total. The van der Waals surface area contributed by atoms with Gasteiger partial charge in [-0.05, 0) is 65.2 Å². The van der Waals surface area contributed by atoms with Crippen LogP contribution >= 0.6 is 0 Å². The second-order valence-electron chi connectivity index (χ2n) is 6.90. The summed E-state index contributed by atoms with van der Waals surface area (Å²) in [5, 5.41) is 11.6. The summed E-state index contributed by atoms with van der Waals surface area (Å²) in [5.74, 6) is -1.70. The standard InChI is InChI=1S/C24H16F2N4O/c25-17-3-6-19(23(26)8-17)22-9-21-15(12-30-24(21)31)7-20(22)16(11-28)13-29-18-4-1-14(10-27)2-5-18/h1-9,11,13H,12,28H2,(H,30,31)/b16-11+,29-13?. The minimum absolute atomic E-state index is 0.144. The lowest BCUT2D eigenvalue weighted by atomic mass is 9.90. The lowest BCUT2D eigenvalue weighted by molar-refractivity contribution is 0.0966. The van der Waals surface area contributed by atoms with Crippen molar-refractivity contribution in [3.8, 4) is 17.2 Å². The highest BCUT2D eigenvalue weighted by molar-refractivity contribution is 6.14. The number of nitrogens with one attached hydrogen (secondary N) is 1. The average Bonchev–Trinajstić information content (AvgIpc) is 3.14. The number of carbonyl (C=O) groups excluding carboxylic acids is 1. The Balaban J connectivity index is 1.82. The van der Waals surface area contributed by atoms with E-state index in [4.69, 9.17) is 11.0 Å². The van der Waals surface area contributed by atoms with E-state index < -0.39 is 11.6 Å². The number of halogens is 2. The molecule has 0 saturated heterocycles. The van der Waals surface area contributed by atoms with Crippen LogP contribution in [0.15, 0.2) is 65.8 Å². The lowest BCUT2D eigenvalue weighted by Gasteiger charge is -2.14. The number of nitriles is 1. The number of amides is 1. The van der Waals surface area contributed by atoms with Crippen LogP contribution in [0.1, 0.15) is 27.0 Å². The molecule has 31 heavy (non-hydrogen) atoms. The first-order valence-corrected chi connectivity index (χ1v) is 9.37. The van der Waals surface area contributed by atoms with Crippen molar-refractivity contribution in [2.24, 2.45) is 10.7 Å². The highest BCUT2D eigenvalue weighted by atomic mass is 19.1. The lowest BCUT2D eigenvalue weighted by Crippen LogP contribution is -2.12. The third kappa shape index (κ3) is 3.91. The Labute approximate surface area is 177 Å². The zero-order valence-corrected chi connectivity index (χ0v) is 16.2. The van der Waals surface area contributed by atoms with Crippen LogP contribution in [-0.4, -0.2) is 12.1 Å². The van der Waals surface area contributed by atoms with E-state index in [0.29, 0.717) is 40.1 Å². The molecule has 4 rings (SSSR count). The van der Waals surface area contributed by atoms with Gasteiger partial charge in [-0.15, -0.1) is 0 Å². The smallest absolute Gasteiger partial charge is 0.251 e. The molecule has 1 heterocycles. The van der Waals surface area contributed by atoms with Gasteiger partial charge in [0.05, 0.1) is 17.3 Å². The van der Waals surface area contributed by atoms with Crippen molar-refractivity contribution in [2.45, 2.75) is 6.54 Å². The van der Waals surface area contributed by atoms with Crippen molar-refractivity contribution >= 4 is 23.4 Å². The summed E-state index contributed by atoms with van der Waals surface area (Å²) in [6.45, 7) is 0.345. The molecule has 3 aromatic carbocycles. The normalized spacial score (nSPS) is 13.2. The molecule has 0 aliphatic carbocycles. The van der Waals surface area contributed by atoms with Gasteiger partial charge in [-0.1, -0.05) is 0 Å². The second kappa shape index (κ2) is 8.20.